The van der Waals surface area contributed by atoms with Crippen molar-refractivity contribution >= 4 is 18.0 Å². The first-order valence-electron chi connectivity index (χ1n) is 9.42. The number of rotatable bonds is 8. The van der Waals surface area contributed by atoms with Gasteiger partial charge in [-0.2, -0.15) is 0 Å². The van der Waals surface area contributed by atoms with E-state index in [1.807, 2.05) is 0 Å². The first kappa shape index (κ1) is 20.1. The van der Waals surface area contributed by atoms with Gasteiger partial charge in [-0.25, -0.2) is 9.59 Å². The third kappa shape index (κ3) is 3.56. The quantitative estimate of drug-likeness (QED) is 0.380. The van der Waals surface area contributed by atoms with Gasteiger partial charge in [0, 0.05) is 13.1 Å². The number of nitrogens with zero attached hydrogens (tertiary/aromatic N) is 2. The van der Waals surface area contributed by atoms with Crippen LogP contribution in [0.25, 0.3) is 0 Å². The number of aliphatic hydroxyl groups excluding tert-OH is 1. The van der Waals surface area contributed by atoms with Gasteiger partial charge in [0.2, 0.25) is 5.91 Å². The molecule has 3 atom stereocenters. The van der Waals surface area contributed by atoms with Gasteiger partial charge in [-0.15, -0.1) is 0 Å². The molecule has 0 saturated carbocycles. The Kier molecular flexibility index (Phi) is 5.88. The number of amides is 2. The zero-order valence-electron chi connectivity index (χ0n) is 16.0. The van der Waals surface area contributed by atoms with Gasteiger partial charge >= 0.3 is 12.1 Å². The molecule has 152 valence electrons. The topological polar surface area (TPSA) is 96.4 Å². The maximum Gasteiger partial charge on any atom is 0.410 e. The summed E-state index contributed by atoms with van der Waals surface area (Å²) in [5, 5.41) is 9.89. The van der Waals surface area contributed by atoms with E-state index in [0.717, 1.165) is 5.57 Å². The van der Waals surface area contributed by atoms with E-state index in [1.165, 1.54) is 17.1 Å². The van der Waals surface area contributed by atoms with Crippen LogP contribution in [0.15, 0.2) is 36.6 Å². The monoisotopic (exact) mass is 390 g/mol. The summed E-state index contributed by atoms with van der Waals surface area (Å²) >= 11 is 0. The Balaban J connectivity index is 1.67. The largest absolute Gasteiger partial charge is 0.457 e. The molecule has 2 amide bonds. The lowest BCUT2D eigenvalue weighted by Crippen LogP contribution is -2.61. The van der Waals surface area contributed by atoms with E-state index in [9.17, 15) is 19.5 Å². The number of esters is 1. The molecule has 3 aliphatic heterocycles. The lowest BCUT2D eigenvalue weighted by Gasteiger charge is -2.44. The summed E-state index contributed by atoms with van der Waals surface area (Å²) in [7, 11) is 0. The number of likely N-dealkylation sites (tertiary alicyclic amines) is 1. The number of hydrogen-bond donors (Lipinski definition) is 1. The summed E-state index contributed by atoms with van der Waals surface area (Å²) in [5.74, 6) is -1.10. The molecule has 0 aromatic rings. The van der Waals surface area contributed by atoms with Crippen LogP contribution in [0.3, 0.4) is 0 Å². The van der Waals surface area contributed by atoms with Crippen LogP contribution in [0.1, 0.15) is 19.8 Å². The minimum Gasteiger partial charge on any atom is -0.457 e. The van der Waals surface area contributed by atoms with Crippen LogP contribution in [-0.2, 0) is 19.1 Å². The number of hydrogen-bond acceptors (Lipinski definition) is 6. The lowest BCUT2D eigenvalue weighted by molar-refractivity contribution is -0.162. The Morgan fingerprint density at radius 3 is 2.50 bits per heavy atom. The van der Waals surface area contributed by atoms with Gasteiger partial charge in [-0.05, 0) is 31.3 Å². The molecule has 3 rings (SSSR count). The number of β-lactam (4-membered cyclic amide) rings is 1. The van der Waals surface area contributed by atoms with E-state index in [4.69, 9.17) is 9.47 Å². The van der Waals surface area contributed by atoms with E-state index in [-0.39, 0.29) is 37.2 Å². The summed E-state index contributed by atoms with van der Waals surface area (Å²) in [5.41, 5.74) is 1.14. The van der Waals surface area contributed by atoms with Crippen molar-refractivity contribution in [1.29, 1.82) is 0 Å². The van der Waals surface area contributed by atoms with Gasteiger partial charge < -0.3 is 24.4 Å². The minimum absolute atomic E-state index is 0.0640. The standard InChI is InChI=1S/C20H26N2O6/c1-4-6-27-19(25)17-14(9-15-16(12(3)23)18(24)22(15)17)8-13-10-21(11-13)20(26)28-7-5-2/h4-5,12-13,15-16,23H,1-2,6-11H2,3H3/t12-,15-,16-/m1/s1. The average Bonchev–Trinajstić information content (AvgIpc) is 2.93. The minimum atomic E-state index is -0.766. The second kappa shape index (κ2) is 8.18. The molecule has 0 bridgehead atoms. The molecule has 0 aromatic heterocycles. The van der Waals surface area contributed by atoms with Gasteiger partial charge in [0.05, 0.1) is 18.1 Å². The van der Waals surface area contributed by atoms with E-state index in [0.29, 0.717) is 31.6 Å². The van der Waals surface area contributed by atoms with Crippen molar-refractivity contribution in [3.05, 3.63) is 36.6 Å². The van der Waals surface area contributed by atoms with Crippen molar-refractivity contribution in [3.8, 4) is 0 Å². The molecule has 1 N–H and O–H groups in total. The normalized spacial score (nSPS) is 24.9. The summed E-state index contributed by atoms with van der Waals surface area (Å²) in [6.45, 7) is 9.93. The Labute approximate surface area is 164 Å². The fraction of sp³-hybridized carbons (Fsp3) is 0.550. The van der Waals surface area contributed by atoms with Crippen molar-refractivity contribution in [2.24, 2.45) is 11.8 Å². The Bertz CT molecular complexity index is 722. The molecule has 0 aromatic carbocycles. The summed E-state index contributed by atoms with van der Waals surface area (Å²) in [6, 6.07) is -0.206. The molecule has 3 heterocycles. The molecule has 2 saturated heterocycles. The lowest BCUT2D eigenvalue weighted by atomic mass is 9.82. The third-order valence-electron chi connectivity index (χ3n) is 5.42. The average molecular weight is 390 g/mol. The maximum atomic E-state index is 12.5. The SMILES string of the molecule is C=CCOC(=O)C1=C(CC2CN(C(=O)OCC=C)C2)C[C@@H]2[C@@H]([C@@H](C)O)C(=O)N12. The zero-order chi connectivity index (χ0) is 20.4. The Morgan fingerprint density at radius 2 is 1.89 bits per heavy atom. The first-order valence-corrected chi connectivity index (χ1v) is 9.42. The highest BCUT2D eigenvalue weighted by Crippen LogP contribution is 2.46. The molecular weight excluding hydrogens is 364 g/mol. The van der Waals surface area contributed by atoms with Crippen LogP contribution in [0, 0.1) is 11.8 Å². The number of aliphatic hydroxyl groups is 1. The van der Waals surface area contributed by atoms with Gasteiger partial charge in [-0.1, -0.05) is 25.3 Å². The second-order valence-corrected chi connectivity index (χ2v) is 7.43. The number of carbonyl (C=O) groups excluding carboxylic acids is 3. The molecule has 2 fully saturated rings. The highest BCUT2D eigenvalue weighted by Gasteiger charge is 2.57. The van der Waals surface area contributed by atoms with Gasteiger partial charge in [0.25, 0.3) is 0 Å². The highest BCUT2D eigenvalue weighted by atomic mass is 16.6. The molecule has 0 unspecified atom stereocenters. The van der Waals surface area contributed by atoms with Gasteiger partial charge in [0.15, 0.2) is 0 Å². The second-order valence-electron chi connectivity index (χ2n) is 7.43. The maximum absolute atomic E-state index is 12.5. The van der Waals surface area contributed by atoms with Crippen LogP contribution in [0.5, 0.6) is 0 Å². The molecule has 0 spiro atoms. The summed E-state index contributed by atoms with van der Waals surface area (Å²) < 4.78 is 10.2. The van der Waals surface area contributed by atoms with Crippen LogP contribution < -0.4 is 0 Å². The molecular formula is C20H26N2O6. The smallest absolute Gasteiger partial charge is 0.410 e. The number of carbonyl (C=O) groups is 3. The van der Waals surface area contributed by atoms with Crippen LogP contribution in [0.4, 0.5) is 4.79 Å². The predicted octanol–water partition coefficient (Wildman–Crippen LogP) is 1.23. The predicted molar refractivity (Wildman–Crippen MR) is 99.8 cm³/mol. The van der Waals surface area contributed by atoms with Crippen molar-refractivity contribution in [1.82, 2.24) is 9.80 Å². The first-order chi connectivity index (χ1) is 13.4. The highest BCUT2D eigenvalue weighted by molar-refractivity contribution is 6.00. The fourth-order valence-corrected chi connectivity index (χ4v) is 4.15. The van der Waals surface area contributed by atoms with Crippen LogP contribution in [0.2, 0.25) is 0 Å². The summed E-state index contributed by atoms with van der Waals surface area (Å²) in [4.78, 5) is 39.9. The molecule has 0 aliphatic carbocycles. The van der Waals surface area contributed by atoms with Crippen molar-refractivity contribution in [2.75, 3.05) is 26.3 Å². The number of fused-ring (bicyclic) bond motifs is 1. The van der Waals surface area contributed by atoms with E-state index in [2.05, 4.69) is 13.2 Å². The number of ether oxygens (including phenoxy) is 2. The Hall–Kier alpha value is -2.61. The van der Waals surface area contributed by atoms with Crippen molar-refractivity contribution in [3.63, 3.8) is 0 Å². The van der Waals surface area contributed by atoms with Crippen molar-refractivity contribution < 1.29 is 29.0 Å². The van der Waals surface area contributed by atoms with Crippen LogP contribution in [-0.4, -0.2) is 71.3 Å². The molecule has 8 heteroatoms. The summed E-state index contributed by atoms with van der Waals surface area (Å²) in [6.07, 6.45) is 2.97. The fourth-order valence-electron chi connectivity index (χ4n) is 4.15. The zero-order valence-corrected chi connectivity index (χ0v) is 16.0. The molecule has 0 radical (unpaired) electrons. The Morgan fingerprint density at radius 1 is 1.25 bits per heavy atom. The third-order valence-corrected chi connectivity index (χ3v) is 5.42. The van der Waals surface area contributed by atoms with E-state index >= 15 is 0 Å². The van der Waals surface area contributed by atoms with E-state index in [1.54, 1.807) is 11.8 Å². The van der Waals surface area contributed by atoms with Crippen LogP contribution >= 0.6 is 0 Å². The molecule has 8 nitrogen and oxygen atoms in total. The van der Waals surface area contributed by atoms with Crippen molar-refractivity contribution in [2.45, 2.75) is 31.9 Å². The van der Waals surface area contributed by atoms with Gasteiger partial charge in [0.1, 0.15) is 18.9 Å². The van der Waals surface area contributed by atoms with E-state index < -0.39 is 18.0 Å². The molecule has 3 aliphatic rings. The molecule has 28 heavy (non-hydrogen) atoms. The van der Waals surface area contributed by atoms with Gasteiger partial charge in [-0.3, -0.25) is 4.79 Å².